The topological polar surface area (TPSA) is 84.9 Å². The predicted octanol–water partition coefficient (Wildman–Crippen LogP) is 2.03. The number of sulfonamides is 1. The van der Waals surface area contributed by atoms with E-state index in [0.717, 1.165) is 25.7 Å². The van der Waals surface area contributed by atoms with E-state index in [4.69, 9.17) is 9.47 Å². The first-order chi connectivity index (χ1) is 12.4. The third-order valence-electron chi connectivity index (χ3n) is 4.69. The fraction of sp³-hybridized carbons (Fsp3) is 0.611. The quantitative estimate of drug-likeness (QED) is 0.741. The van der Waals surface area contributed by atoms with Crippen LogP contribution in [0.3, 0.4) is 0 Å². The number of rotatable bonds is 8. The van der Waals surface area contributed by atoms with E-state index in [1.165, 1.54) is 14.2 Å². The van der Waals surface area contributed by atoms with Crippen LogP contribution in [-0.2, 0) is 10.0 Å². The number of nitrogens with zero attached hydrogens (tertiary/aromatic N) is 1. The van der Waals surface area contributed by atoms with Crippen molar-refractivity contribution < 1.29 is 22.7 Å². The molecule has 7 nitrogen and oxygen atoms in total. The SMILES string of the molecule is CC[C@H]1CCCCN1S(=O)(=O)CCNC(=O)c1ccc(OC)c(OC)c1. The van der Waals surface area contributed by atoms with Gasteiger partial charge in [-0.05, 0) is 37.5 Å². The Bertz CT molecular complexity index is 720. The van der Waals surface area contributed by atoms with Crippen LogP contribution >= 0.6 is 0 Å². The molecule has 0 spiro atoms. The third kappa shape index (κ3) is 4.88. The number of carbonyl (C=O) groups excluding carboxylic acids is 1. The van der Waals surface area contributed by atoms with Crippen LogP contribution in [0.2, 0.25) is 0 Å². The maximum atomic E-state index is 12.6. The van der Waals surface area contributed by atoms with Crippen LogP contribution in [-0.4, -0.2) is 57.7 Å². The molecule has 1 amide bonds. The molecule has 146 valence electrons. The number of ether oxygens (including phenoxy) is 2. The van der Waals surface area contributed by atoms with E-state index in [9.17, 15) is 13.2 Å². The summed E-state index contributed by atoms with van der Waals surface area (Å²) in [6, 6.07) is 4.91. The normalized spacial score (nSPS) is 18.3. The van der Waals surface area contributed by atoms with Crippen molar-refractivity contribution in [1.82, 2.24) is 9.62 Å². The number of amides is 1. The maximum Gasteiger partial charge on any atom is 0.251 e. The van der Waals surface area contributed by atoms with E-state index in [1.54, 1.807) is 22.5 Å². The largest absolute Gasteiger partial charge is 0.493 e. The van der Waals surface area contributed by atoms with Gasteiger partial charge in [0.1, 0.15) is 0 Å². The van der Waals surface area contributed by atoms with Crippen molar-refractivity contribution >= 4 is 15.9 Å². The highest BCUT2D eigenvalue weighted by atomic mass is 32.2. The van der Waals surface area contributed by atoms with Crippen LogP contribution in [0.1, 0.15) is 43.0 Å². The van der Waals surface area contributed by atoms with Crippen molar-refractivity contribution in [3.05, 3.63) is 23.8 Å². The van der Waals surface area contributed by atoms with Gasteiger partial charge in [0.25, 0.3) is 5.91 Å². The zero-order valence-electron chi connectivity index (χ0n) is 15.7. The minimum Gasteiger partial charge on any atom is -0.493 e. The number of hydrogen-bond donors (Lipinski definition) is 1. The summed E-state index contributed by atoms with van der Waals surface area (Å²) in [5, 5.41) is 2.67. The third-order valence-corrected chi connectivity index (χ3v) is 6.61. The lowest BCUT2D eigenvalue weighted by molar-refractivity contribution is 0.0955. The molecule has 0 aliphatic carbocycles. The van der Waals surface area contributed by atoms with Crippen molar-refractivity contribution in [2.75, 3.05) is 33.1 Å². The highest BCUT2D eigenvalue weighted by Gasteiger charge is 2.30. The Balaban J connectivity index is 1.95. The van der Waals surface area contributed by atoms with Gasteiger partial charge in [-0.3, -0.25) is 4.79 Å². The van der Waals surface area contributed by atoms with Crippen LogP contribution in [0, 0.1) is 0 Å². The molecule has 1 aromatic rings. The van der Waals surface area contributed by atoms with E-state index in [1.807, 2.05) is 6.92 Å². The van der Waals surface area contributed by atoms with Crippen molar-refractivity contribution in [2.24, 2.45) is 0 Å². The van der Waals surface area contributed by atoms with E-state index in [0.29, 0.717) is 23.6 Å². The molecule has 1 heterocycles. The first-order valence-electron chi connectivity index (χ1n) is 8.92. The van der Waals surface area contributed by atoms with Crippen LogP contribution < -0.4 is 14.8 Å². The Labute approximate surface area is 155 Å². The fourth-order valence-electron chi connectivity index (χ4n) is 3.24. The average molecular weight is 384 g/mol. The lowest BCUT2D eigenvalue weighted by Crippen LogP contribution is -2.46. The molecule has 0 radical (unpaired) electrons. The molecule has 0 unspecified atom stereocenters. The fourth-order valence-corrected chi connectivity index (χ4v) is 4.95. The summed E-state index contributed by atoms with van der Waals surface area (Å²) < 4.78 is 37.1. The van der Waals surface area contributed by atoms with Crippen LogP contribution in [0.25, 0.3) is 0 Å². The molecular formula is C18H28N2O5S. The average Bonchev–Trinajstić information content (AvgIpc) is 2.67. The Hall–Kier alpha value is -1.80. The van der Waals surface area contributed by atoms with Gasteiger partial charge in [0, 0.05) is 24.7 Å². The molecule has 0 bridgehead atoms. The summed E-state index contributed by atoms with van der Waals surface area (Å²) in [6.07, 6.45) is 3.69. The Kier molecular flexibility index (Phi) is 7.28. The maximum absolute atomic E-state index is 12.6. The van der Waals surface area contributed by atoms with Gasteiger partial charge >= 0.3 is 0 Å². The van der Waals surface area contributed by atoms with Crippen molar-refractivity contribution in [3.8, 4) is 11.5 Å². The second-order valence-electron chi connectivity index (χ2n) is 6.31. The number of nitrogens with one attached hydrogen (secondary N) is 1. The molecule has 2 rings (SSSR count). The monoisotopic (exact) mass is 384 g/mol. The molecular weight excluding hydrogens is 356 g/mol. The molecule has 1 aliphatic heterocycles. The summed E-state index contributed by atoms with van der Waals surface area (Å²) in [5.74, 6) is 0.545. The van der Waals surface area contributed by atoms with Gasteiger partial charge in [-0.2, -0.15) is 4.31 Å². The number of methoxy groups -OCH3 is 2. The predicted molar refractivity (Wildman–Crippen MR) is 100 cm³/mol. The Morgan fingerprint density at radius 1 is 1.23 bits per heavy atom. The van der Waals surface area contributed by atoms with Crippen molar-refractivity contribution in [3.63, 3.8) is 0 Å². The molecule has 1 aliphatic rings. The van der Waals surface area contributed by atoms with E-state index >= 15 is 0 Å². The van der Waals surface area contributed by atoms with Gasteiger partial charge in [0.2, 0.25) is 10.0 Å². The minimum atomic E-state index is -3.37. The van der Waals surface area contributed by atoms with Crippen molar-refractivity contribution in [1.29, 1.82) is 0 Å². The van der Waals surface area contributed by atoms with Gasteiger partial charge in [-0.25, -0.2) is 8.42 Å². The molecule has 1 aromatic carbocycles. The molecule has 0 saturated carbocycles. The highest BCUT2D eigenvalue weighted by molar-refractivity contribution is 7.89. The Morgan fingerprint density at radius 2 is 1.96 bits per heavy atom. The number of benzene rings is 1. The zero-order valence-corrected chi connectivity index (χ0v) is 16.5. The minimum absolute atomic E-state index is 0.0719. The molecule has 1 saturated heterocycles. The zero-order chi connectivity index (χ0) is 19.2. The Morgan fingerprint density at radius 3 is 2.62 bits per heavy atom. The number of hydrogen-bond acceptors (Lipinski definition) is 5. The van der Waals surface area contributed by atoms with Gasteiger partial charge in [0.05, 0.1) is 20.0 Å². The number of piperidine rings is 1. The van der Waals surface area contributed by atoms with Crippen LogP contribution in [0.4, 0.5) is 0 Å². The van der Waals surface area contributed by atoms with Crippen LogP contribution in [0.15, 0.2) is 18.2 Å². The van der Waals surface area contributed by atoms with E-state index in [2.05, 4.69) is 5.32 Å². The lowest BCUT2D eigenvalue weighted by Gasteiger charge is -2.34. The summed E-state index contributed by atoms with van der Waals surface area (Å²) in [5.41, 5.74) is 0.393. The first-order valence-corrected chi connectivity index (χ1v) is 10.5. The second kappa shape index (κ2) is 9.23. The summed E-state index contributed by atoms with van der Waals surface area (Å²) >= 11 is 0. The van der Waals surface area contributed by atoms with Gasteiger partial charge < -0.3 is 14.8 Å². The molecule has 8 heteroatoms. The summed E-state index contributed by atoms with van der Waals surface area (Å²) in [4.78, 5) is 12.3. The number of carbonyl (C=O) groups is 1. The molecule has 26 heavy (non-hydrogen) atoms. The van der Waals surface area contributed by atoms with E-state index in [-0.39, 0.29) is 24.2 Å². The summed E-state index contributed by atoms with van der Waals surface area (Å²) in [6.45, 7) is 2.66. The molecule has 1 fully saturated rings. The molecule has 0 aromatic heterocycles. The molecule has 1 N–H and O–H groups in total. The highest BCUT2D eigenvalue weighted by Crippen LogP contribution is 2.27. The van der Waals surface area contributed by atoms with Gasteiger partial charge in [-0.15, -0.1) is 0 Å². The molecule has 1 atom stereocenters. The van der Waals surface area contributed by atoms with Gasteiger partial charge in [-0.1, -0.05) is 13.3 Å². The summed E-state index contributed by atoms with van der Waals surface area (Å²) in [7, 11) is -0.357. The standard InChI is InChI=1S/C18H28N2O5S/c1-4-15-7-5-6-11-20(15)26(22,23)12-10-19-18(21)14-8-9-16(24-2)17(13-14)25-3/h8-9,13,15H,4-7,10-12H2,1-3H3,(H,19,21)/t15-/m0/s1. The van der Waals surface area contributed by atoms with E-state index < -0.39 is 10.0 Å². The van der Waals surface area contributed by atoms with Crippen molar-refractivity contribution in [2.45, 2.75) is 38.6 Å². The van der Waals surface area contributed by atoms with Gasteiger partial charge in [0.15, 0.2) is 11.5 Å². The van der Waals surface area contributed by atoms with Crippen LogP contribution in [0.5, 0.6) is 11.5 Å². The first kappa shape index (κ1) is 20.5. The second-order valence-corrected chi connectivity index (χ2v) is 8.35. The smallest absolute Gasteiger partial charge is 0.251 e. The lowest BCUT2D eigenvalue weighted by atomic mass is 10.0.